The molecule has 1 N–H and O–H groups in total. The molecule has 0 aliphatic heterocycles. The van der Waals surface area contributed by atoms with Crippen LogP contribution in [0.1, 0.15) is 5.56 Å². The predicted octanol–water partition coefficient (Wildman–Crippen LogP) is 4.66. The molecule has 32 heavy (non-hydrogen) atoms. The number of pyridine rings is 3. The highest BCUT2D eigenvalue weighted by molar-refractivity contribution is 5.95. The zero-order valence-electron chi connectivity index (χ0n) is 17.4. The number of fused-ring (bicyclic) bond motifs is 1. The summed E-state index contributed by atoms with van der Waals surface area (Å²) in [5.74, 6) is -0.326. The summed E-state index contributed by atoms with van der Waals surface area (Å²) in [6, 6.07) is 12.7. The van der Waals surface area contributed by atoms with Crippen LogP contribution in [0, 0.1) is 12.7 Å². The zero-order valence-corrected chi connectivity index (χ0v) is 17.4. The average molecular weight is 425 g/mol. The molecule has 0 atom stereocenters. The van der Waals surface area contributed by atoms with Gasteiger partial charge in [-0.15, -0.1) is 0 Å². The van der Waals surface area contributed by atoms with Crippen molar-refractivity contribution >= 4 is 11.0 Å². The predicted molar refractivity (Wildman–Crippen MR) is 121 cm³/mol. The van der Waals surface area contributed by atoms with E-state index in [0.29, 0.717) is 23.4 Å². The number of nitrogens with zero attached hydrogens (tertiary/aromatic N) is 5. The van der Waals surface area contributed by atoms with Crippen LogP contribution in [0.15, 0.2) is 73.4 Å². The van der Waals surface area contributed by atoms with Crippen LogP contribution in [0.4, 0.5) is 4.39 Å². The summed E-state index contributed by atoms with van der Waals surface area (Å²) < 4.78 is 16.3. The van der Waals surface area contributed by atoms with Crippen LogP contribution in [-0.4, -0.2) is 36.4 Å². The normalized spacial score (nSPS) is 11.2. The van der Waals surface area contributed by atoms with E-state index in [-0.39, 0.29) is 12.4 Å². The molecule has 0 unspecified atom stereocenters. The Kier molecular flexibility index (Phi) is 5.17. The number of aromatic nitrogens is 5. The number of aliphatic hydroxyl groups is 1. The second-order valence-electron chi connectivity index (χ2n) is 7.59. The molecule has 6 nitrogen and oxygen atoms in total. The van der Waals surface area contributed by atoms with Crippen LogP contribution >= 0.6 is 0 Å². The van der Waals surface area contributed by atoms with Crippen molar-refractivity contribution in [3.63, 3.8) is 0 Å². The quantitative estimate of drug-likeness (QED) is 0.443. The Bertz CT molecular complexity index is 1430. The van der Waals surface area contributed by atoms with Crippen LogP contribution in [0.25, 0.3) is 44.5 Å². The van der Waals surface area contributed by atoms with Gasteiger partial charge in [0.15, 0.2) is 5.65 Å². The first-order chi connectivity index (χ1) is 15.6. The van der Waals surface area contributed by atoms with Gasteiger partial charge in [-0.25, -0.2) is 14.4 Å². The summed E-state index contributed by atoms with van der Waals surface area (Å²) in [6.45, 7) is 2.38. The third-order valence-electron chi connectivity index (χ3n) is 5.33. The van der Waals surface area contributed by atoms with E-state index in [0.717, 1.165) is 33.2 Å². The number of aryl methyl sites for hydroxylation is 1. The smallest absolute Gasteiger partial charge is 0.160 e. The lowest BCUT2D eigenvalue weighted by atomic mass is 9.98. The molecule has 0 aliphatic rings. The molecule has 0 aliphatic carbocycles. The minimum Gasteiger partial charge on any atom is -0.394 e. The van der Waals surface area contributed by atoms with Crippen molar-refractivity contribution in [2.45, 2.75) is 13.5 Å². The van der Waals surface area contributed by atoms with Gasteiger partial charge < -0.3 is 5.11 Å². The molecule has 5 aromatic rings. The second kappa shape index (κ2) is 8.28. The number of hydrogen-bond donors (Lipinski definition) is 1. The summed E-state index contributed by atoms with van der Waals surface area (Å²) in [4.78, 5) is 13.5. The van der Waals surface area contributed by atoms with Crippen LogP contribution in [0.5, 0.6) is 0 Å². The number of rotatable bonds is 5. The van der Waals surface area contributed by atoms with E-state index >= 15 is 0 Å². The van der Waals surface area contributed by atoms with Gasteiger partial charge in [-0.3, -0.25) is 9.67 Å². The van der Waals surface area contributed by atoms with Gasteiger partial charge in [0.1, 0.15) is 5.82 Å². The van der Waals surface area contributed by atoms with E-state index < -0.39 is 0 Å². The first kappa shape index (κ1) is 20.0. The van der Waals surface area contributed by atoms with Gasteiger partial charge >= 0.3 is 0 Å². The van der Waals surface area contributed by atoms with E-state index in [1.54, 1.807) is 41.6 Å². The average Bonchev–Trinajstić information content (AvgIpc) is 3.29. The molecule has 0 saturated heterocycles. The van der Waals surface area contributed by atoms with Crippen LogP contribution in [0.3, 0.4) is 0 Å². The van der Waals surface area contributed by atoms with Gasteiger partial charge in [-0.2, -0.15) is 5.10 Å². The Balaban J connectivity index is 1.67. The van der Waals surface area contributed by atoms with Gasteiger partial charge in [0.05, 0.1) is 25.0 Å². The van der Waals surface area contributed by atoms with Crippen LogP contribution in [-0.2, 0) is 6.54 Å². The van der Waals surface area contributed by atoms with E-state index in [9.17, 15) is 4.39 Å². The molecular formula is C25H20FN5O. The lowest BCUT2D eigenvalue weighted by Gasteiger charge is -2.11. The first-order valence-electron chi connectivity index (χ1n) is 10.2. The minimum absolute atomic E-state index is 0.0215. The van der Waals surface area contributed by atoms with Gasteiger partial charge in [-0.05, 0) is 48.9 Å². The second-order valence-corrected chi connectivity index (χ2v) is 7.59. The molecule has 4 heterocycles. The van der Waals surface area contributed by atoms with Crippen molar-refractivity contribution in [1.29, 1.82) is 0 Å². The van der Waals surface area contributed by atoms with Crippen LogP contribution in [0.2, 0.25) is 0 Å². The molecule has 4 aromatic heterocycles. The van der Waals surface area contributed by atoms with Crippen molar-refractivity contribution in [3.8, 4) is 33.5 Å². The molecule has 0 saturated carbocycles. The van der Waals surface area contributed by atoms with E-state index in [4.69, 9.17) is 5.11 Å². The zero-order chi connectivity index (χ0) is 22.1. The molecule has 158 valence electrons. The molecule has 0 fully saturated rings. The maximum atomic E-state index is 14.6. The minimum atomic E-state index is -0.326. The van der Waals surface area contributed by atoms with Crippen LogP contribution < -0.4 is 0 Å². The monoisotopic (exact) mass is 425 g/mol. The summed E-state index contributed by atoms with van der Waals surface area (Å²) in [6.07, 6.45) is 8.85. The molecule has 0 bridgehead atoms. The number of hydrogen-bond acceptors (Lipinski definition) is 5. The fourth-order valence-corrected chi connectivity index (χ4v) is 3.75. The number of benzene rings is 1. The molecule has 7 heteroatoms. The van der Waals surface area contributed by atoms with Gasteiger partial charge in [0.25, 0.3) is 0 Å². The first-order valence-corrected chi connectivity index (χ1v) is 10.2. The standard InChI is InChI=1S/C25H20FN5O/c1-16-4-5-23(26)22(9-16)24-11-21(20-3-2-6-28-25(20)30-24)18-10-17(12-27-13-18)19-14-29-31(15-19)7-8-32/h2-6,9-15,32H,7-8H2,1H3. The molecule has 1 aromatic carbocycles. The topological polar surface area (TPSA) is 76.7 Å². The Morgan fingerprint density at radius 2 is 1.84 bits per heavy atom. The van der Waals surface area contributed by atoms with Crippen molar-refractivity contribution in [2.75, 3.05) is 6.61 Å². The Morgan fingerprint density at radius 1 is 0.969 bits per heavy atom. The van der Waals surface area contributed by atoms with Gasteiger partial charge in [0, 0.05) is 52.4 Å². The fraction of sp³-hybridized carbons (Fsp3) is 0.120. The highest BCUT2D eigenvalue weighted by atomic mass is 19.1. The summed E-state index contributed by atoms with van der Waals surface area (Å²) in [7, 11) is 0. The molecule has 0 radical (unpaired) electrons. The van der Waals surface area contributed by atoms with Crippen molar-refractivity contribution in [2.24, 2.45) is 0 Å². The molecule has 0 spiro atoms. The molecule has 5 rings (SSSR count). The maximum absolute atomic E-state index is 14.6. The Morgan fingerprint density at radius 3 is 2.72 bits per heavy atom. The largest absolute Gasteiger partial charge is 0.394 e. The third kappa shape index (κ3) is 3.74. The Labute approximate surface area is 184 Å². The highest BCUT2D eigenvalue weighted by Crippen LogP contribution is 2.33. The summed E-state index contributed by atoms with van der Waals surface area (Å²) in [5.41, 5.74) is 5.99. The van der Waals surface area contributed by atoms with Crippen molar-refractivity contribution < 1.29 is 9.50 Å². The highest BCUT2D eigenvalue weighted by Gasteiger charge is 2.14. The van der Waals surface area contributed by atoms with Gasteiger partial charge in [-0.1, -0.05) is 11.6 Å². The number of halogens is 1. The lowest BCUT2D eigenvalue weighted by molar-refractivity contribution is 0.269. The van der Waals surface area contributed by atoms with Crippen molar-refractivity contribution in [3.05, 3.63) is 84.8 Å². The SMILES string of the molecule is Cc1ccc(F)c(-c2cc(-c3cncc(-c4cnn(CCO)c4)c3)c3cccnc3n2)c1. The molecule has 0 amide bonds. The Hall–Kier alpha value is -3.97. The fourth-order valence-electron chi connectivity index (χ4n) is 3.75. The summed E-state index contributed by atoms with van der Waals surface area (Å²) in [5, 5.41) is 14.3. The van der Waals surface area contributed by atoms with Crippen molar-refractivity contribution in [1.82, 2.24) is 24.7 Å². The maximum Gasteiger partial charge on any atom is 0.160 e. The number of aliphatic hydroxyl groups excluding tert-OH is 1. The lowest BCUT2D eigenvalue weighted by Crippen LogP contribution is -2.01. The van der Waals surface area contributed by atoms with Gasteiger partial charge in [0.2, 0.25) is 0 Å². The van der Waals surface area contributed by atoms with E-state index in [1.807, 2.05) is 37.4 Å². The third-order valence-corrected chi connectivity index (χ3v) is 5.33. The van der Waals surface area contributed by atoms with E-state index in [2.05, 4.69) is 20.1 Å². The van der Waals surface area contributed by atoms with E-state index in [1.165, 1.54) is 6.07 Å². The summed E-state index contributed by atoms with van der Waals surface area (Å²) >= 11 is 0. The molecular weight excluding hydrogens is 405 g/mol.